The minimum absolute atomic E-state index is 0.111. The number of amides is 2. The van der Waals surface area contributed by atoms with E-state index in [0.29, 0.717) is 25.4 Å². The van der Waals surface area contributed by atoms with Crippen LogP contribution in [-0.4, -0.2) is 36.2 Å². The zero-order chi connectivity index (χ0) is 20.2. The van der Waals surface area contributed by atoms with Crippen LogP contribution in [0.4, 0.5) is 10.5 Å². The summed E-state index contributed by atoms with van der Waals surface area (Å²) in [7, 11) is 1.61. The normalized spacial score (nSPS) is 13.0. The van der Waals surface area contributed by atoms with E-state index in [1.54, 1.807) is 18.4 Å². The Morgan fingerprint density at radius 3 is 2.79 bits per heavy atom. The molecule has 0 fully saturated rings. The number of hydrogen-bond acceptors (Lipinski definition) is 5. The summed E-state index contributed by atoms with van der Waals surface area (Å²) in [5.74, 6) is 1.57. The fourth-order valence-corrected chi connectivity index (χ4v) is 4.39. The molecule has 4 rings (SSSR count). The number of fused-ring (bicyclic) bond motifs is 1. The van der Waals surface area contributed by atoms with Gasteiger partial charge in [-0.3, -0.25) is 0 Å². The Kier molecular flexibility index (Phi) is 5.67. The van der Waals surface area contributed by atoms with E-state index in [1.165, 1.54) is 0 Å². The highest BCUT2D eigenvalue weighted by Crippen LogP contribution is 2.32. The molecule has 1 aromatic heterocycles. The van der Waals surface area contributed by atoms with E-state index in [0.717, 1.165) is 39.0 Å². The van der Waals surface area contributed by atoms with E-state index in [9.17, 15) is 4.79 Å². The van der Waals surface area contributed by atoms with E-state index in [1.807, 2.05) is 60.4 Å². The van der Waals surface area contributed by atoms with Crippen LogP contribution in [0.15, 0.2) is 48.5 Å². The second kappa shape index (κ2) is 8.53. The number of nitrogens with zero attached hydrogens (tertiary/aromatic N) is 2. The summed E-state index contributed by atoms with van der Waals surface area (Å²) in [5, 5.41) is 3.93. The van der Waals surface area contributed by atoms with Gasteiger partial charge in [-0.2, -0.15) is 0 Å². The maximum Gasteiger partial charge on any atom is 0.322 e. The van der Waals surface area contributed by atoms with Crippen LogP contribution < -0.4 is 14.8 Å². The van der Waals surface area contributed by atoms with Crippen molar-refractivity contribution in [2.75, 3.05) is 25.6 Å². The topological polar surface area (TPSA) is 63.7 Å². The third kappa shape index (κ3) is 4.35. The number of ether oxygens (including phenoxy) is 2. The van der Waals surface area contributed by atoms with Crippen molar-refractivity contribution >= 4 is 23.1 Å². The molecule has 0 bridgehead atoms. The molecular weight excluding hydrogens is 386 g/mol. The first-order chi connectivity index (χ1) is 14.2. The molecule has 2 heterocycles. The SMILES string of the molecule is CCOc1ccc(-c2nc3c(s2)CN(C(=O)Nc2cccc(OC)c2)CC3)cc1. The lowest BCUT2D eigenvalue weighted by Crippen LogP contribution is -2.38. The second-order valence-corrected chi connectivity index (χ2v) is 7.76. The number of hydrogen-bond donors (Lipinski definition) is 1. The number of carbonyl (C=O) groups excluding carboxylic acids is 1. The fraction of sp³-hybridized carbons (Fsp3) is 0.273. The molecule has 0 saturated carbocycles. The smallest absolute Gasteiger partial charge is 0.322 e. The zero-order valence-electron chi connectivity index (χ0n) is 16.5. The van der Waals surface area contributed by atoms with E-state index in [-0.39, 0.29) is 6.03 Å². The van der Waals surface area contributed by atoms with Gasteiger partial charge in [0.2, 0.25) is 0 Å². The summed E-state index contributed by atoms with van der Waals surface area (Å²) in [6.07, 6.45) is 0.758. The molecule has 0 unspecified atom stereocenters. The Morgan fingerprint density at radius 2 is 2.03 bits per heavy atom. The Bertz CT molecular complexity index is 1000. The molecule has 6 nitrogen and oxygen atoms in total. The summed E-state index contributed by atoms with van der Waals surface area (Å²) in [6, 6.07) is 15.2. The average molecular weight is 410 g/mol. The molecule has 1 aliphatic rings. The first kappa shape index (κ1) is 19.3. The number of benzene rings is 2. The third-order valence-corrected chi connectivity index (χ3v) is 5.88. The number of urea groups is 1. The summed E-state index contributed by atoms with van der Waals surface area (Å²) in [5.41, 5.74) is 2.88. The van der Waals surface area contributed by atoms with Crippen molar-refractivity contribution in [1.29, 1.82) is 0 Å². The molecule has 2 aromatic carbocycles. The van der Waals surface area contributed by atoms with Gasteiger partial charge in [0.05, 0.1) is 26.0 Å². The van der Waals surface area contributed by atoms with Crippen molar-refractivity contribution in [1.82, 2.24) is 9.88 Å². The molecule has 0 aliphatic carbocycles. The van der Waals surface area contributed by atoms with E-state index < -0.39 is 0 Å². The molecule has 0 saturated heterocycles. The van der Waals surface area contributed by atoms with Gasteiger partial charge in [0.15, 0.2) is 0 Å². The van der Waals surface area contributed by atoms with Crippen LogP contribution in [0.25, 0.3) is 10.6 Å². The number of carbonyl (C=O) groups is 1. The van der Waals surface area contributed by atoms with Gasteiger partial charge in [-0.1, -0.05) is 6.07 Å². The van der Waals surface area contributed by atoms with Crippen molar-refractivity contribution in [3.63, 3.8) is 0 Å². The number of nitrogens with one attached hydrogen (secondary N) is 1. The van der Waals surface area contributed by atoms with Crippen molar-refractivity contribution in [2.45, 2.75) is 19.9 Å². The lowest BCUT2D eigenvalue weighted by atomic mass is 10.2. The van der Waals surface area contributed by atoms with Crippen molar-refractivity contribution in [3.05, 3.63) is 59.1 Å². The van der Waals surface area contributed by atoms with Crippen molar-refractivity contribution in [2.24, 2.45) is 0 Å². The molecule has 1 N–H and O–H groups in total. The minimum atomic E-state index is -0.111. The third-order valence-electron chi connectivity index (χ3n) is 4.75. The maximum absolute atomic E-state index is 12.7. The lowest BCUT2D eigenvalue weighted by molar-refractivity contribution is 0.207. The largest absolute Gasteiger partial charge is 0.497 e. The minimum Gasteiger partial charge on any atom is -0.497 e. The van der Waals surface area contributed by atoms with Gasteiger partial charge >= 0.3 is 6.03 Å². The van der Waals surface area contributed by atoms with Crippen LogP contribution >= 0.6 is 11.3 Å². The highest BCUT2D eigenvalue weighted by atomic mass is 32.1. The van der Waals surface area contributed by atoms with Gasteiger partial charge in [-0.05, 0) is 43.3 Å². The molecule has 0 atom stereocenters. The monoisotopic (exact) mass is 409 g/mol. The Hall–Kier alpha value is -3.06. The first-order valence-corrected chi connectivity index (χ1v) is 10.4. The zero-order valence-corrected chi connectivity index (χ0v) is 17.3. The molecule has 0 spiro atoms. The van der Waals surface area contributed by atoms with Crippen LogP contribution in [0.1, 0.15) is 17.5 Å². The van der Waals surface area contributed by atoms with Gasteiger partial charge in [0.25, 0.3) is 0 Å². The van der Waals surface area contributed by atoms with Crippen molar-refractivity contribution in [3.8, 4) is 22.1 Å². The first-order valence-electron chi connectivity index (χ1n) is 9.58. The molecular formula is C22H23N3O3S. The molecule has 150 valence electrons. The van der Waals surface area contributed by atoms with Gasteiger partial charge in [0.1, 0.15) is 16.5 Å². The maximum atomic E-state index is 12.7. The van der Waals surface area contributed by atoms with Crippen LogP contribution in [0.2, 0.25) is 0 Å². The summed E-state index contributed by atoms with van der Waals surface area (Å²) in [6.45, 7) is 3.84. The number of aromatic nitrogens is 1. The summed E-state index contributed by atoms with van der Waals surface area (Å²) >= 11 is 1.65. The van der Waals surface area contributed by atoms with Crippen LogP contribution in [0.5, 0.6) is 11.5 Å². The van der Waals surface area contributed by atoms with Gasteiger partial charge in [-0.15, -0.1) is 11.3 Å². The number of methoxy groups -OCH3 is 1. The van der Waals surface area contributed by atoms with Crippen LogP contribution in [0.3, 0.4) is 0 Å². The number of anilines is 1. The van der Waals surface area contributed by atoms with Crippen LogP contribution in [0, 0.1) is 0 Å². The molecule has 29 heavy (non-hydrogen) atoms. The second-order valence-electron chi connectivity index (χ2n) is 6.68. The average Bonchev–Trinajstić information content (AvgIpc) is 3.18. The summed E-state index contributed by atoms with van der Waals surface area (Å²) < 4.78 is 10.7. The van der Waals surface area contributed by atoms with Gasteiger partial charge < -0.3 is 19.7 Å². The highest BCUT2D eigenvalue weighted by Gasteiger charge is 2.24. The lowest BCUT2D eigenvalue weighted by Gasteiger charge is -2.26. The van der Waals surface area contributed by atoms with E-state index in [2.05, 4.69) is 5.32 Å². The number of rotatable bonds is 5. The molecule has 1 aliphatic heterocycles. The quantitative estimate of drug-likeness (QED) is 0.657. The number of thiazole rings is 1. The van der Waals surface area contributed by atoms with E-state index in [4.69, 9.17) is 14.5 Å². The predicted molar refractivity (Wildman–Crippen MR) is 115 cm³/mol. The molecule has 7 heteroatoms. The van der Waals surface area contributed by atoms with Crippen LogP contribution in [-0.2, 0) is 13.0 Å². The standard InChI is InChI=1S/C22H23N3O3S/c1-3-28-17-9-7-15(8-10-17)21-24-19-11-12-25(14-20(19)29-21)22(26)23-16-5-4-6-18(13-16)27-2/h4-10,13H,3,11-12,14H2,1-2H3,(H,23,26). The molecule has 0 radical (unpaired) electrons. The summed E-state index contributed by atoms with van der Waals surface area (Å²) in [4.78, 5) is 20.5. The Morgan fingerprint density at radius 1 is 1.21 bits per heavy atom. The Balaban J connectivity index is 1.45. The Labute approximate surface area is 174 Å². The molecule has 3 aromatic rings. The highest BCUT2D eigenvalue weighted by molar-refractivity contribution is 7.15. The molecule has 2 amide bonds. The van der Waals surface area contributed by atoms with Gasteiger partial charge in [-0.25, -0.2) is 9.78 Å². The predicted octanol–water partition coefficient (Wildman–Crippen LogP) is 4.81. The van der Waals surface area contributed by atoms with Gasteiger partial charge in [0, 0.05) is 35.2 Å². The van der Waals surface area contributed by atoms with E-state index >= 15 is 0 Å². The fourth-order valence-electron chi connectivity index (χ4n) is 3.26. The van der Waals surface area contributed by atoms with Crippen molar-refractivity contribution < 1.29 is 14.3 Å².